The van der Waals surface area contributed by atoms with Crippen LogP contribution in [-0.2, 0) is 0 Å². The summed E-state index contributed by atoms with van der Waals surface area (Å²) in [5, 5.41) is 21.9. The number of aromatic hydroxyl groups is 1. The number of benzene rings is 2. The predicted octanol–water partition coefficient (Wildman–Crippen LogP) is 4.32. The molecule has 1 aliphatic heterocycles. The lowest BCUT2D eigenvalue weighted by atomic mass is 10.1. The highest BCUT2D eigenvalue weighted by Gasteiger charge is 2.10. The normalized spacial score (nSPS) is 13.7. The van der Waals surface area contributed by atoms with E-state index in [1.807, 2.05) is 73.7 Å². The summed E-state index contributed by atoms with van der Waals surface area (Å²) in [5.41, 5.74) is 5.33. The predicted molar refractivity (Wildman–Crippen MR) is 115 cm³/mol. The van der Waals surface area contributed by atoms with Gasteiger partial charge in [-0.1, -0.05) is 23.8 Å². The standard InChI is InChI=1S/C24H18N4O/c1-15-5-9-21-19(12-15)20(24(29)26-21)13-16-6-8-18-22(27-28-23(18)14-16)10-7-17-4-2-3-11-25-17/h2-14,26,29H,1H3/b10-7+,16-13+. The Morgan fingerprint density at radius 1 is 0.966 bits per heavy atom. The molecule has 1 aliphatic rings. The first-order valence-electron chi connectivity index (χ1n) is 9.36. The molecule has 0 atom stereocenters. The summed E-state index contributed by atoms with van der Waals surface area (Å²) < 4.78 is 0. The van der Waals surface area contributed by atoms with Crippen LogP contribution in [0.1, 0.15) is 16.8 Å². The molecule has 0 radical (unpaired) electrons. The molecule has 5 heteroatoms. The summed E-state index contributed by atoms with van der Waals surface area (Å²) in [5.74, 6) is 0.165. The topological polar surface area (TPSA) is 73.6 Å². The van der Waals surface area contributed by atoms with Crippen LogP contribution in [-0.4, -0.2) is 15.1 Å². The van der Waals surface area contributed by atoms with Crippen molar-refractivity contribution in [3.63, 3.8) is 0 Å². The molecule has 5 nitrogen and oxygen atoms in total. The Hall–Kier alpha value is -3.99. The quantitative estimate of drug-likeness (QED) is 0.557. The van der Waals surface area contributed by atoms with Crippen molar-refractivity contribution in [1.82, 2.24) is 9.97 Å². The zero-order valence-electron chi connectivity index (χ0n) is 15.8. The second-order valence-corrected chi connectivity index (χ2v) is 7.03. The molecule has 2 aromatic heterocycles. The largest absolute Gasteiger partial charge is 0.494 e. The fourth-order valence-corrected chi connectivity index (χ4v) is 3.49. The van der Waals surface area contributed by atoms with Crippen LogP contribution in [0.15, 0.2) is 77.1 Å². The number of hydrogen-bond donors (Lipinski definition) is 2. The number of aromatic nitrogens is 2. The number of nitrogens with one attached hydrogen (secondary N) is 1. The number of azo groups is 1. The molecule has 140 valence electrons. The highest BCUT2D eigenvalue weighted by molar-refractivity contribution is 5.92. The molecule has 0 bridgehead atoms. The zero-order chi connectivity index (χ0) is 19.8. The first-order valence-corrected chi connectivity index (χ1v) is 9.36. The van der Waals surface area contributed by atoms with Gasteiger partial charge in [0.25, 0.3) is 0 Å². The minimum absolute atomic E-state index is 0.165. The van der Waals surface area contributed by atoms with E-state index >= 15 is 0 Å². The summed E-state index contributed by atoms with van der Waals surface area (Å²) in [6.45, 7) is 2.04. The van der Waals surface area contributed by atoms with Gasteiger partial charge in [-0.05, 0) is 66.8 Å². The number of aromatic amines is 1. The van der Waals surface area contributed by atoms with E-state index in [0.717, 1.165) is 49.5 Å². The number of pyridine rings is 1. The molecule has 2 N–H and O–H groups in total. The molecule has 0 unspecified atom stereocenters. The van der Waals surface area contributed by atoms with Gasteiger partial charge in [-0.3, -0.25) is 4.98 Å². The maximum absolute atomic E-state index is 10.4. The molecule has 29 heavy (non-hydrogen) atoms. The fraction of sp³-hybridized carbons (Fsp3) is 0.0417. The molecule has 3 heterocycles. The molecule has 0 spiro atoms. The Bertz CT molecular complexity index is 1410. The second kappa shape index (κ2) is 6.87. The van der Waals surface area contributed by atoms with Crippen molar-refractivity contribution in [3.8, 4) is 5.88 Å². The van der Waals surface area contributed by atoms with E-state index < -0.39 is 0 Å². The molecule has 2 aromatic carbocycles. The molecule has 0 fully saturated rings. The van der Waals surface area contributed by atoms with Gasteiger partial charge < -0.3 is 10.1 Å². The minimum atomic E-state index is 0.165. The summed E-state index contributed by atoms with van der Waals surface area (Å²) >= 11 is 0. The zero-order valence-corrected chi connectivity index (χ0v) is 15.8. The van der Waals surface area contributed by atoms with Crippen molar-refractivity contribution < 1.29 is 5.11 Å². The van der Waals surface area contributed by atoms with Crippen LogP contribution in [0.25, 0.3) is 28.8 Å². The third kappa shape index (κ3) is 3.23. The van der Waals surface area contributed by atoms with E-state index in [2.05, 4.69) is 26.3 Å². The number of fused-ring (bicyclic) bond motifs is 2. The summed E-state index contributed by atoms with van der Waals surface area (Å²) in [7, 11) is 0. The molecular weight excluding hydrogens is 360 g/mol. The van der Waals surface area contributed by atoms with Crippen molar-refractivity contribution in [1.29, 1.82) is 0 Å². The summed E-state index contributed by atoms with van der Waals surface area (Å²) in [4.78, 5) is 7.32. The maximum atomic E-state index is 10.4. The molecule has 0 aliphatic carbocycles. The Labute approximate surface area is 167 Å². The average molecular weight is 378 g/mol. The number of aryl methyl sites for hydroxylation is 1. The van der Waals surface area contributed by atoms with E-state index in [1.54, 1.807) is 6.20 Å². The van der Waals surface area contributed by atoms with Gasteiger partial charge in [0.15, 0.2) is 5.88 Å². The van der Waals surface area contributed by atoms with Crippen molar-refractivity contribution in [2.75, 3.05) is 0 Å². The number of rotatable bonds is 3. The summed E-state index contributed by atoms with van der Waals surface area (Å²) in [6.07, 6.45) is 7.58. The maximum Gasteiger partial charge on any atom is 0.196 e. The molecule has 0 amide bonds. The van der Waals surface area contributed by atoms with Crippen LogP contribution >= 0.6 is 0 Å². The minimum Gasteiger partial charge on any atom is -0.494 e. The van der Waals surface area contributed by atoms with Gasteiger partial charge in [0, 0.05) is 27.9 Å². The van der Waals surface area contributed by atoms with Gasteiger partial charge in [-0.25, -0.2) is 0 Å². The lowest BCUT2D eigenvalue weighted by Gasteiger charge is -1.96. The van der Waals surface area contributed by atoms with Crippen molar-refractivity contribution >= 4 is 34.4 Å². The highest BCUT2D eigenvalue weighted by atomic mass is 16.3. The first kappa shape index (κ1) is 17.1. The number of H-pyrrole nitrogens is 1. The Morgan fingerprint density at radius 2 is 1.90 bits per heavy atom. The number of nitrogens with zero attached hydrogens (tertiary/aromatic N) is 3. The van der Waals surface area contributed by atoms with E-state index in [-0.39, 0.29) is 5.88 Å². The van der Waals surface area contributed by atoms with Gasteiger partial charge in [-0.2, -0.15) is 0 Å². The van der Waals surface area contributed by atoms with Gasteiger partial charge in [-0.15, -0.1) is 10.2 Å². The van der Waals surface area contributed by atoms with E-state index in [9.17, 15) is 5.11 Å². The van der Waals surface area contributed by atoms with Crippen molar-refractivity contribution in [3.05, 3.63) is 94.1 Å². The smallest absolute Gasteiger partial charge is 0.196 e. The van der Waals surface area contributed by atoms with Crippen molar-refractivity contribution in [2.24, 2.45) is 10.2 Å². The first-order chi connectivity index (χ1) is 14.2. The Kier molecular flexibility index (Phi) is 4.06. The molecule has 5 rings (SSSR count). The lowest BCUT2D eigenvalue weighted by Crippen LogP contribution is -2.08. The Morgan fingerprint density at radius 3 is 2.76 bits per heavy atom. The van der Waals surface area contributed by atoms with Crippen LogP contribution in [0, 0.1) is 6.92 Å². The van der Waals surface area contributed by atoms with Gasteiger partial charge >= 0.3 is 0 Å². The van der Waals surface area contributed by atoms with Gasteiger partial charge in [0.2, 0.25) is 0 Å². The molecule has 0 saturated heterocycles. The third-order valence-corrected chi connectivity index (χ3v) is 4.95. The van der Waals surface area contributed by atoms with E-state index in [1.165, 1.54) is 0 Å². The van der Waals surface area contributed by atoms with Crippen LogP contribution < -0.4 is 10.4 Å². The van der Waals surface area contributed by atoms with Gasteiger partial charge in [0.05, 0.1) is 17.1 Å². The number of hydrogen-bond acceptors (Lipinski definition) is 4. The summed E-state index contributed by atoms with van der Waals surface area (Å²) in [6, 6.07) is 17.9. The van der Waals surface area contributed by atoms with Gasteiger partial charge in [0.1, 0.15) is 0 Å². The van der Waals surface area contributed by atoms with Crippen LogP contribution in [0.5, 0.6) is 5.88 Å². The molecule has 0 saturated carbocycles. The van der Waals surface area contributed by atoms with E-state index in [4.69, 9.17) is 0 Å². The fourth-order valence-electron chi connectivity index (χ4n) is 3.49. The lowest BCUT2D eigenvalue weighted by molar-refractivity contribution is 0.457. The second-order valence-electron chi connectivity index (χ2n) is 7.03. The molecular formula is C24H18N4O. The average Bonchev–Trinajstić information content (AvgIpc) is 3.28. The van der Waals surface area contributed by atoms with Crippen LogP contribution in [0.2, 0.25) is 0 Å². The monoisotopic (exact) mass is 378 g/mol. The SMILES string of the molecule is Cc1ccc2[nH]c(O)c(/C=c3\ccc4c(c3)N=NC=4/C=C/c3ccccn3)c2c1. The highest BCUT2D eigenvalue weighted by Crippen LogP contribution is 2.28. The van der Waals surface area contributed by atoms with Crippen LogP contribution in [0.4, 0.5) is 5.69 Å². The van der Waals surface area contributed by atoms with Crippen LogP contribution in [0.3, 0.4) is 0 Å². The molecule has 4 aromatic rings. The van der Waals surface area contributed by atoms with E-state index in [0.29, 0.717) is 0 Å². The van der Waals surface area contributed by atoms with Crippen molar-refractivity contribution in [2.45, 2.75) is 6.92 Å². The third-order valence-electron chi connectivity index (χ3n) is 4.95. The Balaban J connectivity index is 1.57.